The fraction of sp³-hybridized carbons (Fsp3) is 0.480. The van der Waals surface area contributed by atoms with Crippen molar-refractivity contribution in [1.29, 1.82) is 0 Å². The maximum absolute atomic E-state index is 12.2. The van der Waals surface area contributed by atoms with Crippen LogP contribution in [0.5, 0.6) is 0 Å². The number of benzene rings is 1. The zero-order chi connectivity index (χ0) is 22.2. The second-order valence-electron chi connectivity index (χ2n) is 8.43. The highest BCUT2D eigenvalue weighted by Crippen LogP contribution is 2.20. The third kappa shape index (κ3) is 7.40. The maximum Gasteiger partial charge on any atom is 0.224 e. The van der Waals surface area contributed by atoms with Crippen LogP contribution in [0.4, 0.5) is 5.69 Å². The molecule has 1 amide bonds. The van der Waals surface area contributed by atoms with Crippen LogP contribution in [0.3, 0.4) is 0 Å². The summed E-state index contributed by atoms with van der Waals surface area (Å²) in [5.74, 6) is -0.233. The smallest absolute Gasteiger partial charge is 0.224 e. The summed E-state index contributed by atoms with van der Waals surface area (Å²) in [6.07, 6.45) is 4.53. The molecule has 1 saturated heterocycles. The molecule has 5 nitrogen and oxygen atoms in total. The average molecular weight is 441 g/mol. The molecule has 0 spiro atoms. The van der Waals surface area contributed by atoms with E-state index in [-0.39, 0.29) is 43.2 Å². The van der Waals surface area contributed by atoms with Crippen molar-refractivity contribution in [2.45, 2.75) is 71.4 Å². The second-order valence-corrected chi connectivity index (χ2v) is 9.72. The Morgan fingerprint density at radius 1 is 1.00 bits per heavy atom. The van der Waals surface area contributed by atoms with Gasteiger partial charge in [0.25, 0.3) is 0 Å². The van der Waals surface area contributed by atoms with E-state index in [0.29, 0.717) is 10.9 Å². The lowest BCUT2D eigenvalue weighted by Gasteiger charge is -2.33. The average Bonchev–Trinajstić information content (AvgIpc) is 3.20. The molecule has 6 heteroatoms. The summed E-state index contributed by atoms with van der Waals surface area (Å²) >= 11 is 1.45. The number of hydrogen-bond donors (Lipinski definition) is 1. The summed E-state index contributed by atoms with van der Waals surface area (Å²) in [7, 11) is 0. The fourth-order valence-electron chi connectivity index (χ4n) is 3.88. The first-order valence-corrected chi connectivity index (χ1v) is 12.0. The minimum Gasteiger partial charge on any atom is -0.326 e. The molecule has 2 aromatic rings. The van der Waals surface area contributed by atoms with E-state index in [2.05, 4.69) is 29.3 Å². The number of thiophene rings is 1. The number of carbonyl (C=O) groups is 3. The van der Waals surface area contributed by atoms with Crippen molar-refractivity contribution < 1.29 is 14.4 Å². The molecule has 1 fully saturated rings. The molecular weight excluding hydrogens is 408 g/mol. The second kappa shape index (κ2) is 11.3. The third-order valence-electron chi connectivity index (χ3n) is 5.84. The Kier molecular flexibility index (Phi) is 8.55. The number of hydrogen-bond acceptors (Lipinski definition) is 5. The number of anilines is 1. The summed E-state index contributed by atoms with van der Waals surface area (Å²) in [5, 5.41) is 2.86. The molecule has 1 atom stereocenters. The van der Waals surface area contributed by atoms with E-state index >= 15 is 0 Å². The van der Waals surface area contributed by atoms with Gasteiger partial charge in [0.15, 0.2) is 5.78 Å². The SMILES string of the molecule is Cc1ccc(C(=O)CCC(=O)CCC(=O)Nc2ccc(CN3CCCCC3C)cc2)s1. The van der Waals surface area contributed by atoms with Gasteiger partial charge in [-0.25, -0.2) is 0 Å². The summed E-state index contributed by atoms with van der Waals surface area (Å²) < 4.78 is 0. The standard InChI is InChI=1S/C25H32N2O3S/c1-18-5-3-4-16-27(18)17-20-7-9-21(10-8-20)26-25(30)15-12-22(28)11-13-23(29)24-14-6-19(2)31-24/h6-10,14,18H,3-5,11-13,15-17H2,1-2H3,(H,26,30). The van der Waals surface area contributed by atoms with Gasteiger partial charge < -0.3 is 5.32 Å². The highest BCUT2D eigenvalue weighted by atomic mass is 32.1. The molecule has 0 saturated carbocycles. The molecule has 1 aliphatic heterocycles. The number of ketones is 2. The number of carbonyl (C=O) groups excluding carboxylic acids is 3. The van der Waals surface area contributed by atoms with Gasteiger partial charge in [-0.2, -0.15) is 0 Å². The molecule has 1 unspecified atom stereocenters. The quantitative estimate of drug-likeness (QED) is 0.504. The predicted octanol–water partition coefficient (Wildman–Crippen LogP) is 5.38. The first-order chi connectivity index (χ1) is 14.9. The van der Waals surface area contributed by atoms with E-state index in [9.17, 15) is 14.4 Å². The van der Waals surface area contributed by atoms with E-state index in [1.165, 1.54) is 36.2 Å². The minimum absolute atomic E-state index is 0.00469. The molecule has 31 heavy (non-hydrogen) atoms. The van der Waals surface area contributed by atoms with E-state index in [1.807, 2.05) is 25.1 Å². The molecule has 1 aromatic heterocycles. The van der Waals surface area contributed by atoms with Crippen molar-refractivity contribution in [3.63, 3.8) is 0 Å². The van der Waals surface area contributed by atoms with Crippen LogP contribution in [0.1, 0.15) is 72.0 Å². The number of aryl methyl sites for hydroxylation is 1. The molecule has 166 valence electrons. The van der Waals surface area contributed by atoms with Crippen LogP contribution in [0, 0.1) is 6.92 Å². The van der Waals surface area contributed by atoms with Crippen molar-refractivity contribution in [3.8, 4) is 0 Å². The van der Waals surface area contributed by atoms with Gasteiger partial charge >= 0.3 is 0 Å². The molecule has 0 aliphatic carbocycles. The molecular formula is C25H32N2O3S. The lowest BCUT2D eigenvalue weighted by molar-refractivity contribution is -0.122. The Bertz CT molecular complexity index is 904. The lowest BCUT2D eigenvalue weighted by atomic mass is 10.0. The monoisotopic (exact) mass is 440 g/mol. The summed E-state index contributed by atoms with van der Waals surface area (Å²) in [5.41, 5.74) is 1.99. The number of nitrogens with zero attached hydrogens (tertiary/aromatic N) is 1. The highest BCUT2D eigenvalue weighted by Gasteiger charge is 2.18. The molecule has 0 bridgehead atoms. The number of amides is 1. The molecule has 1 aromatic carbocycles. The third-order valence-corrected chi connectivity index (χ3v) is 6.88. The number of likely N-dealkylation sites (tertiary alicyclic amines) is 1. The Balaban J connectivity index is 1.37. The van der Waals surface area contributed by atoms with Gasteiger partial charge in [0.1, 0.15) is 5.78 Å². The van der Waals surface area contributed by atoms with Gasteiger partial charge in [0, 0.05) is 48.8 Å². The van der Waals surface area contributed by atoms with Crippen LogP contribution < -0.4 is 5.32 Å². The van der Waals surface area contributed by atoms with Crippen molar-refractivity contribution in [2.24, 2.45) is 0 Å². The van der Waals surface area contributed by atoms with E-state index in [4.69, 9.17) is 0 Å². The minimum atomic E-state index is -0.175. The fourth-order valence-corrected chi connectivity index (χ4v) is 4.72. The van der Waals surface area contributed by atoms with Crippen molar-refractivity contribution in [2.75, 3.05) is 11.9 Å². The first kappa shape index (κ1) is 23.4. The molecule has 1 aliphatic rings. The van der Waals surface area contributed by atoms with Crippen molar-refractivity contribution in [1.82, 2.24) is 4.90 Å². The summed E-state index contributed by atoms with van der Waals surface area (Å²) in [4.78, 5) is 40.6. The molecule has 0 radical (unpaired) electrons. The predicted molar refractivity (Wildman–Crippen MR) is 126 cm³/mol. The number of rotatable bonds is 10. The van der Waals surface area contributed by atoms with Gasteiger partial charge in [0.05, 0.1) is 4.88 Å². The van der Waals surface area contributed by atoms with Crippen LogP contribution in [-0.4, -0.2) is 35.0 Å². The maximum atomic E-state index is 12.2. The van der Waals surface area contributed by atoms with Gasteiger partial charge in [-0.15, -0.1) is 11.3 Å². The van der Waals surface area contributed by atoms with Crippen LogP contribution in [-0.2, 0) is 16.1 Å². The number of nitrogens with one attached hydrogen (secondary N) is 1. The largest absolute Gasteiger partial charge is 0.326 e. The van der Waals surface area contributed by atoms with E-state index < -0.39 is 0 Å². The summed E-state index contributed by atoms with van der Waals surface area (Å²) in [6, 6.07) is 12.3. The van der Waals surface area contributed by atoms with Crippen LogP contribution in [0.25, 0.3) is 0 Å². The zero-order valence-electron chi connectivity index (χ0n) is 18.5. The van der Waals surface area contributed by atoms with Gasteiger partial charge in [-0.1, -0.05) is 18.6 Å². The van der Waals surface area contributed by atoms with Gasteiger partial charge in [0.2, 0.25) is 5.91 Å². The number of piperidine rings is 1. The lowest BCUT2D eigenvalue weighted by Crippen LogP contribution is -2.36. The van der Waals surface area contributed by atoms with Gasteiger partial charge in [-0.3, -0.25) is 19.3 Å². The molecule has 1 N–H and O–H groups in total. The van der Waals surface area contributed by atoms with Crippen molar-refractivity contribution in [3.05, 3.63) is 51.7 Å². The van der Waals surface area contributed by atoms with E-state index in [0.717, 1.165) is 23.7 Å². The van der Waals surface area contributed by atoms with Crippen LogP contribution >= 0.6 is 11.3 Å². The summed E-state index contributed by atoms with van der Waals surface area (Å²) in [6.45, 7) is 6.32. The van der Waals surface area contributed by atoms with Crippen molar-refractivity contribution >= 4 is 34.5 Å². The topological polar surface area (TPSA) is 66.5 Å². The van der Waals surface area contributed by atoms with Gasteiger partial charge in [-0.05, 0) is 63.1 Å². The highest BCUT2D eigenvalue weighted by molar-refractivity contribution is 7.14. The molecule has 3 rings (SSSR count). The molecule has 2 heterocycles. The first-order valence-electron chi connectivity index (χ1n) is 11.1. The van der Waals surface area contributed by atoms with Crippen LogP contribution in [0.2, 0.25) is 0 Å². The Labute approximate surface area is 188 Å². The zero-order valence-corrected chi connectivity index (χ0v) is 19.3. The Morgan fingerprint density at radius 2 is 1.74 bits per heavy atom. The Morgan fingerprint density at radius 3 is 2.42 bits per heavy atom. The van der Waals surface area contributed by atoms with Crippen LogP contribution in [0.15, 0.2) is 36.4 Å². The normalized spacial score (nSPS) is 16.8. The Hall–Kier alpha value is -2.31. The van der Waals surface area contributed by atoms with E-state index in [1.54, 1.807) is 6.07 Å². The number of Topliss-reactive ketones (excluding diaryl/α,β-unsaturated/α-hetero) is 2.